The molecule has 1 aromatic carbocycles. The molecule has 0 N–H and O–H groups in total. The van der Waals surface area contributed by atoms with Gasteiger partial charge in [0.1, 0.15) is 0 Å². The largest absolute Gasteiger partial charge is 0.465 e. The average molecular weight is 283 g/mol. The number of aryl methyl sites for hydroxylation is 1. The molecule has 2 rings (SSSR count). The minimum atomic E-state index is -3.35. The summed E-state index contributed by atoms with van der Waals surface area (Å²) in [6.07, 6.45) is 0. The topological polar surface area (TPSA) is 63.7 Å². The Bertz CT molecular complexity index is 636. The van der Waals surface area contributed by atoms with E-state index in [0.717, 1.165) is 0 Å². The normalized spacial score (nSPS) is 20.8. The summed E-state index contributed by atoms with van der Waals surface area (Å²) in [6.45, 7) is 3.64. The molecule has 1 aromatic rings. The Labute approximate surface area is 113 Å². The number of ether oxygens (including phenoxy) is 1. The van der Waals surface area contributed by atoms with Crippen molar-refractivity contribution in [3.05, 3.63) is 23.3 Å². The van der Waals surface area contributed by atoms with Gasteiger partial charge in [-0.3, -0.25) is 0 Å². The first kappa shape index (κ1) is 13.9. The number of rotatable bonds is 1. The molecule has 0 aromatic heterocycles. The standard InChI is InChI=1S/C13H17NO4S/c1-8-5-11-12(6-10(8)13(15)18-4)19(16,17)7-9(2)14(11)3/h5-6,9H,7H2,1-4H3. The fraction of sp³-hybridized carbons (Fsp3) is 0.462. The SMILES string of the molecule is COC(=O)c1cc2c(cc1C)N(C)C(C)CS2(=O)=O. The van der Waals surface area contributed by atoms with Gasteiger partial charge >= 0.3 is 5.97 Å². The van der Waals surface area contributed by atoms with Crippen LogP contribution in [0.1, 0.15) is 22.8 Å². The van der Waals surface area contributed by atoms with Crippen LogP contribution >= 0.6 is 0 Å². The number of esters is 1. The van der Waals surface area contributed by atoms with Crippen LogP contribution in [0.2, 0.25) is 0 Å². The first-order valence-electron chi connectivity index (χ1n) is 5.96. The Hall–Kier alpha value is -1.56. The van der Waals surface area contributed by atoms with Gasteiger partial charge in [-0.25, -0.2) is 13.2 Å². The molecule has 0 amide bonds. The summed E-state index contributed by atoms with van der Waals surface area (Å²) < 4.78 is 29.1. The lowest BCUT2D eigenvalue weighted by atomic mass is 10.1. The van der Waals surface area contributed by atoms with E-state index in [0.29, 0.717) is 16.8 Å². The molecule has 0 spiro atoms. The maximum atomic E-state index is 12.2. The monoisotopic (exact) mass is 283 g/mol. The van der Waals surface area contributed by atoms with Crippen molar-refractivity contribution in [2.45, 2.75) is 24.8 Å². The average Bonchev–Trinajstić information content (AvgIpc) is 2.34. The van der Waals surface area contributed by atoms with Crippen molar-refractivity contribution in [1.82, 2.24) is 0 Å². The van der Waals surface area contributed by atoms with E-state index in [1.165, 1.54) is 13.2 Å². The summed E-state index contributed by atoms with van der Waals surface area (Å²) in [5.74, 6) is -0.461. The molecule has 1 unspecified atom stereocenters. The quantitative estimate of drug-likeness (QED) is 0.729. The summed E-state index contributed by atoms with van der Waals surface area (Å²) >= 11 is 0. The minimum absolute atomic E-state index is 0.0557. The van der Waals surface area contributed by atoms with E-state index in [1.807, 2.05) is 18.9 Å². The fourth-order valence-electron chi connectivity index (χ4n) is 2.28. The number of nitrogens with zero attached hydrogens (tertiary/aromatic N) is 1. The van der Waals surface area contributed by atoms with Gasteiger partial charge in [0.15, 0.2) is 9.84 Å². The zero-order chi connectivity index (χ0) is 14.4. The molecule has 0 bridgehead atoms. The molecule has 6 heteroatoms. The number of anilines is 1. The highest BCUT2D eigenvalue weighted by molar-refractivity contribution is 7.91. The van der Waals surface area contributed by atoms with Crippen molar-refractivity contribution < 1.29 is 17.9 Å². The van der Waals surface area contributed by atoms with Crippen LogP contribution in [0.4, 0.5) is 5.69 Å². The summed E-state index contributed by atoms with van der Waals surface area (Å²) in [5, 5.41) is 0. The fourth-order valence-corrected chi connectivity index (χ4v) is 4.14. The van der Waals surface area contributed by atoms with Gasteiger partial charge in [-0.05, 0) is 31.5 Å². The lowest BCUT2D eigenvalue weighted by Crippen LogP contribution is -2.40. The van der Waals surface area contributed by atoms with Crippen molar-refractivity contribution in [2.75, 3.05) is 24.8 Å². The van der Waals surface area contributed by atoms with E-state index < -0.39 is 15.8 Å². The summed E-state index contributed by atoms with van der Waals surface area (Å²) in [4.78, 5) is 13.8. The zero-order valence-corrected chi connectivity index (χ0v) is 12.2. The second kappa shape index (κ2) is 4.52. The predicted octanol–water partition coefficient (Wildman–Crippen LogP) is 1.39. The molecule has 19 heavy (non-hydrogen) atoms. The number of carbonyl (C=O) groups excluding carboxylic acids is 1. The Kier molecular flexibility index (Phi) is 3.30. The van der Waals surface area contributed by atoms with Crippen LogP contribution in [-0.4, -0.2) is 40.3 Å². The van der Waals surface area contributed by atoms with E-state index in [4.69, 9.17) is 0 Å². The number of fused-ring (bicyclic) bond motifs is 1. The summed E-state index contributed by atoms with van der Waals surface area (Å²) in [6, 6.07) is 3.07. The molecule has 0 saturated heterocycles. The van der Waals surface area contributed by atoms with Crippen molar-refractivity contribution in [3.63, 3.8) is 0 Å². The van der Waals surface area contributed by atoms with Crippen molar-refractivity contribution in [2.24, 2.45) is 0 Å². The number of methoxy groups -OCH3 is 1. The number of benzene rings is 1. The lowest BCUT2D eigenvalue weighted by Gasteiger charge is -2.34. The van der Waals surface area contributed by atoms with Crippen LogP contribution in [0.3, 0.4) is 0 Å². The van der Waals surface area contributed by atoms with Gasteiger partial charge in [0.2, 0.25) is 0 Å². The molecular formula is C13H17NO4S. The highest BCUT2D eigenvalue weighted by atomic mass is 32.2. The molecule has 5 nitrogen and oxygen atoms in total. The first-order valence-corrected chi connectivity index (χ1v) is 7.61. The van der Waals surface area contributed by atoms with E-state index in [2.05, 4.69) is 4.74 Å². The van der Waals surface area contributed by atoms with Crippen molar-refractivity contribution >= 4 is 21.5 Å². The van der Waals surface area contributed by atoms with Crippen LogP contribution < -0.4 is 4.90 Å². The zero-order valence-electron chi connectivity index (χ0n) is 11.4. The molecule has 0 fully saturated rings. The maximum absolute atomic E-state index is 12.2. The smallest absolute Gasteiger partial charge is 0.338 e. The number of carbonyl (C=O) groups is 1. The third kappa shape index (κ3) is 2.20. The first-order chi connectivity index (χ1) is 8.77. The van der Waals surface area contributed by atoms with E-state index in [9.17, 15) is 13.2 Å². The summed E-state index contributed by atoms with van der Waals surface area (Å²) in [5.41, 5.74) is 1.65. The van der Waals surface area contributed by atoms with Gasteiger partial charge in [0.25, 0.3) is 0 Å². The molecular weight excluding hydrogens is 266 g/mol. The van der Waals surface area contributed by atoms with Gasteiger partial charge in [-0.1, -0.05) is 0 Å². The van der Waals surface area contributed by atoms with Crippen LogP contribution in [0.25, 0.3) is 0 Å². The molecule has 104 valence electrons. The van der Waals surface area contributed by atoms with Gasteiger partial charge in [0, 0.05) is 13.1 Å². The van der Waals surface area contributed by atoms with Gasteiger partial charge in [0.05, 0.1) is 29.0 Å². The van der Waals surface area contributed by atoms with Gasteiger partial charge in [-0.2, -0.15) is 0 Å². The number of hydrogen-bond acceptors (Lipinski definition) is 5. The molecule has 0 aliphatic carbocycles. The van der Waals surface area contributed by atoms with Crippen molar-refractivity contribution in [3.8, 4) is 0 Å². The van der Waals surface area contributed by atoms with Crippen LogP contribution in [0, 0.1) is 6.92 Å². The molecule has 1 aliphatic heterocycles. The minimum Gasteiger partial charge on any atom is -0.465 e. The predicted molar refractivity (Wildman–Crippen MR) is 72.4 cm³/mol. The highest BCUT2D eigenvalue weighted by Gasteiger charge is 2.33. The molecule has 0 saturated carbocycles. The van der Waals surface area contributed by atoms with E-state index in [-0.39, 0.29) is 16.7 Å². The third-order valence-corrected chi connectivity index (χ3v) is 5.47. The van der Waals surface area contributed by atoms with Crippen molar-refractivity contribution in [1.29, 1.82) is 0 Å². The maximum Gasteiger partial charge on any atom is 0.338 e. The van der Waals surface area contributed by atoms with Crippen LogP contribution in [-0.2, 0) is 14.6 Å². The number of hydrogen-bond donors (Lipinski definition) is 0. The van der Waals surface area contributed by atoms with Gasteiger partial charge in [-0.15, -0.1) is 0 Å². The van der Waals surface area contributed by atoms with E-state index in [1.54, 1.807) is 13.0 Å². The lowest BCUT2D eigenvalue weighted by molar-refractivity contribution is 0.0599. The Morgan fingerprint density at radius 3 is 2.63 bits per heavy atom. The van der Waals surface area contributed by atoms with Crippen LogP contribution in [0.15, 0.2) is 17.0 Å². The Morgan fingerprint density at radius 2 is 2.05 bits per heavy atom. The van der Waals surface area contributed by atoms with Crippen LogP contribution in [0.5, 0.6) is 0 Å². The summed E-state index contributed by atoms with van der Waals surface area (Å²) in [7, 11) is -0.216. The molecule has 1 atom stereocenters. The Morgan fingerprint density at radius 1 is 1.42 bits per heavy atom. The number of sulfone groups is 1. The second-order valence-electron chi connectivity index (χ2n) is 4.87. The van der Waals surface area contributed by atoms with E-state index >= 15 is 0 Å². The molecule has 1 aliphatic rings. The Balaban J connectivity index is 2.71. The molecule has 0 radical (unpaired) electrons. The highest BCUT2D eigenvalue weighted by Crippen LogP contribution is 2.34. The molecule has 1 heterocycles. The third-order valence-electron chi connectivity index (χ3n) is 3.55. The van der Waals surface area contributed by atoms with Gasteiger partial charge < -0.3 is 9.64 Å². The second-order valence-corrected chi connectivity index (χ2v) is 6.87.